The average molecular weight is 402 g/mol. The minimum absolute atomic E-state index is 0.203. The van der Waals surface area contributed by atoms with Gasteiger partial charge in [-0.05, 0) is 43.0 Å². The van der Waals surface area contributed by atoms with Gasteiger partial charge in [0.25, 0.3) is 0 Å². The summed E-state index contributed by atoms with van der Waals surface area (Å²) in [5.41, 5.74) is 7.77. The molecule has 1 aliphatic heterocycles. The third-order valence-electron chi connectivity index (χ3n) is 5.48. The molecule has 4 rings (SSSR count). The Hall–Kier alpha value is -2.51. The number of nitrogen functional groups attached to an aromatic ring is 1. The fraction of sp³-hybridized carbons (Fsp3) is 0.400. The Morgan fingerprint density at radius 3 is 2.86 bits per heavy atom. The molecule has 1 unspecified atom stereocenters. The Balaban J connectivity index is 1.40. The van der Waals surface area contributed by atoms with Gasteiger partial charge in [0, 0.05) is 31.0 Å². The Kier molecular flexibility index (Phi) is 5.28. The zero-order chi connectivity index (χ0) is 19.7. The summed E-state index contributed by atoms with van der Waals surface area (Å²) in [6.45, 7) is 2.13. The highest BCUT2D eigenvalue weighted by molar-refractivity contribution is 6.32. The van der Waals surface area contributed by atoms with Crippen LogP contribution in [0.25, 0.3) is 11.0 Å². The van der Waals surface area contributed by atoms with Gasteiger partial charge in [-0.25, -0.2) is 9.67 Å². The number of hydrogen-bond donors (Lipinski definition) is 2. The van der Waals surface area contributed by atoms with Crippen LogP contribution < -0.4 is 15.4 Å². The van der Waals surface area contributed by atoms with Gasteiger partial charge < -0.3 is 20.5 Å². The molecule has 3 N–H and O–H groups in total. The quantitative estimate of drug-likeness (QED) is 0.683. The summed E-state index contributed by atoms with van der Waals surface area (Å²) in [5.74, 6) is 1.33. The van der Waals surface area contributed by atoms with Gasteiger partial charge in [-0.2, -0.15) is 5.10 Å². The number of nitrogens with zero attached hydrogens (tertiary/aromatic N) is 4. The molecule has 0 radical (unpaired) electrons. The Bertz CT molecular complexity index is 968. The van der Waals surface area contributed by atoms with Gasteiger partial charge >= 0.3 is 0 Å². The summed E-state index contributed by atoms with van der Waals surface area (Å²) in [6.07, 6.45) is 3.01. The molecule has 0 saturated carbocycles. The monoisotopic (exact) mass is 401 g/mol. The van der Waals surface area contributed by atoms with E-state index in [9.17, 15) is 5.11 Å². The van der Waals surface area contributed by atoms with E-state index in [0.717, 1.165) is 37.0 Å². The number of pyridine rings is 1. The number of fused-ring (bicyclic) bond motifs is 1. The lowest BCUT2D eigenvalue weighted by Crippen LogP contribution is -2.39. The molecule has 1 atom stereocenters. The number of benzene rings is 1. The largest absolute Gasteiger partial charge is 0.495 e. The van der Waals surface area contributed by atoms with Crippen LogP contribution in [-0.4, -0.2) is 46.2 Å². The Labute approximate surface area is 168 Å². The van der Waals surface area contributed by atoms with E-state index < -0.39 is 6.10 Å². The highest BCUT2D eigenvalue weighted by atomic mass is 35.5. The first kappa shape index (κ1) is 18.8. The van der Waals surface area contributed by atoms with Crippen LogP contribution in [0.4, 0.5) is 11.5 Å². The number of ether oxygens (including phenoxy) is 1. The number of hydrogen-bond acceptors (Lipinski definition) is 6. The van der Waals surface area contributed by atoms with Gasteiger partial charge in [-0.15, -0.1) is 0 Å². The van der Waals surface area contributed by atoms with Crippen LogP contribution in [0.1, 0.15) is 12.8 Å². The summed E-state index contributed by atoms with van der Waals surface area (Å²) in [6, 6.07) is 9.56. The molecule has 0 bridgehead atoms. The number of methoxy groups -OCH3 is 1. The molecular weight excluding hydrogens is 378 g/mol. The zero-order valence-corrected chi connectivity index (χ0v) is 16.5. The predicted molar refractivity (Wildman–Crippen MR) is 111 cm³/mol. The lowest BCUT2D eigenvalue weighted by Gasteiger charge is -2.35. The normalized spacial score (nSPS) is 16.5. The average Bonchev–Trinajstić information content (AvgIpc) is 3.04. The van der Waals surface area contributed by atoms with E-state index in [0.29, 0.717) is 28.8 Å². The second-order valence-electron chi connectivity index (χ2n) is 7.15. The molecule has 2 aromatic heterocycles. The number of piperidine rings is 1. The highest BCUT2D eigenvalue weighted by Crippen LogP contribution is 2.32. The molecule has 0 amide bonds. The summed E-state index contributed by atoms with van der Waals surface area (Å²) in [7, 11) is 1.62. The van der Waals surface area contributed by atoms with Crippen molar-refractivity contribution in [1.82, 2.24) is 14.8 Å². The van der Waals surface area contributed by atoms with Crippen molar-refractivity contribution in [2.45, 2.75) is 25.5 Å². The number of halogens is 1. The van der Waals surface area contributed by atoms with E-state index in [1.54, 1.807) is 18.0 Å². The Morgan fingerprint density at radius 2 is 2.11 bits per heavy atom. The van der Waals surface area contributed by atoms with Crippen molar-refractivity contribution >= 4 is 34.1 Å². The van der Waals surface area contributed by atoms with Crippen LogP contribution in [0.2, 0.25) is 5.02 Å². The van der Waals surface area contributed by atoms with E-state index in [1.165, 1.54) is 0 Å². The summed E-state index contributed by atoms with van der Waals surface area (Å²) < 4.78 is 7.03. The lowest BCUT2D eigenvalue weighted by atomic mass is 9.91. The number of aliphatic hydroxyl groups is 1. The van der Waals surface area contributed by atoms with Crippen molar-refractivity contribution in [2.24, 2.45) is 5.92 Å². The lowest BCUT2D eigenvalue weighted by molar-refractivity contribution is 0.0746. The van der Waals surface area contributed by atoms with Gasteiger partial charge in [0.15, 0.2) is 11.5 Å². The number of nitrogens with two attached hydrogens (primary N) is 1. The van der Waals surface area contributed by atoms with E-state index in [2.05, 4.69) is 15.0 Å². The number of aliphatic hydroxyl groups excluding tert-OH is 1. The van der Waals surface area contributed by atoms with Crippen molar-refractivity contribution in [3.8, 4) is 5.75 Å². The minimum Gasteiger partial charge on any atom is -0.495 e. The van der Waals surface area contributed by atoms with Crippen molar-refractivity contribution in [2.75, 3.05) is 30.8 Å². The molecule has 3 aromatic rings. The summed E-state index contributed by atoms with van der Waals surface area (Å²) in [5, 5.41) is 16.6. The summed E-state index contributed by atoms with van der Waals surface area (Å²) in [4.78, 5) is 6.65. The third-order valence-corrected chi connectivity index (χ3v) is 5.79. The first-order chi connectivity index (χ1) is 13.6. The Morgan fingerprint density at radius 1 is 1.32 bits per heavy atom. The van der Waals surface area contributed by atoms with Crippen LogP contribution in [0.5, 0.6) is 5.75 Å². The second-order valence-corrected chi connectivity index (χ2v) is 7.56. The van der Waals surface area contributed by atoms with Crippen LogP contribution in [0.15, 0.2) is 36.5 Å². The van der Waals surface area contributed by atoms with Crippen molar-refractivity contribution in [1.29, 1.82) is 0 Å². The highest BCUT2D eigenvalue weighted by Gasteiger charge is 2.27. The van der Waals surface area contributed by atoms with Crippen LogP contribution in [-0.2, 0) is 6.54 Å². The molecule has 28 heavy (non-hydrogen) atoms. The van der Waals surface area contributed by atoms with Gasteiger partial charge in [0.2, 0.25) is 0 Å². The van der Waals surface area contributed by atoms with E-state index in [-0.39, 0.29) is 5.92 Å². The SMILES string of the molecule is COc1cc(N2CCC(C(O)Cn3nc(N)c4cccnc43)CC2)ccc1Cl. The topological polar surface area (TPSA) is 89.4 Å². The van der Waals surface area contributed by atoms with Crippen molar-refractivity contribution < 1.29 is 9.84 Å². The first-order valence-electron chi connectivity index (χ1n) is 9.40. The fourth-order valence-corrected chi connectivity index (χ4v) is 4.07. The molecule has 3 heterocycles. The van der Waals surface area contributed by atoms with Gasteiger partial charge in [-0.3, -0.25) is 0 Å². The van der Waals surface area contributed by atoms with E-state index >= 15 is 0 Å². The number of anilines is 2. The molecule has 148 valence electrons. The summed E-state index contributed by atoms with van der Waals surface area (Å²) >= 11 is 6.12. The van der Waals surface area contributed by atoms with Crippen molar-refractivity contribution in [3.05, 3.63) is 41.6 Å². The van der Waals surface area contributed by atoms with Crippen LogP contribution >= 0.6 is 11.6 Å². The molecule has 1 saturated heterocycles. The maximum atomic E-state index is 10.8. The molecular formula is C20H24ClN5O2. The molecule has 0 aliphatic carbocycles. The van der Waals surface area contributed by atoms with E-state index in [1.807, 2.05) is 30.3 Å². The fourth-order valence-electron chi connectivity index (χ4n) is 3.88. The zero-order valence-electron chi connectivity index (χ0n) is 15.8. The molecule has 1 fully saturated rings. The van der Waals surface area contributed by atoms with Gasteiger partial charge in [-0.1, -0.05) is 11.6 Å². The molecule has 1 aromatic carbocycles. The molecule has 0 spiro atoms. The minimum atomic E-state index is -0.494. The predicted octanol–water partition coefficient (Wildman–Crippen LogP) is 2.95. The van der Waals surface area contributed by atoms with Crippen molar-refractivity contribution in [3.63, 3.8) is 0 Å². The maximum Gasteiger partial charge on any atom is 0.160 e. The molecule has 7 nitrogen and oxygen atoms in total. The number of aromatic nitrogens is 3. The third kappa shape index (κ3) is 3.59. The molecule has 8 heteroatoms. The molecule has 1 aliphatic rings. The van der Waals surface area contributed by atoms with Crippen LogP contribution in [0, 0.1) is 5.92 Å². The standard InChI is InChI=1S/C20H24ClN5O2/c1-28-18-11-14(4-5-16(18)21)25-9-6-13(7-10-25)17(27)12-26-20-15(19(22)24-26)3-2-8-23-20/h2-5,8,11,13,17,27H,6-7,9-10,12H2,1H3,(H2,22,24). The number of rotatable bonds is 5. The van der Waals surface area contributed by atoms with Gasteiger partial charge in [0.05, 0.1) is 30.2 Å². The maximum absolute atomic E-state index is 10.8. The van der Waals surface area contributed by atoms with Crippen LogP contribution in [0.3, 0.4) is 0 Å². The second kappa shape index (κ2) is 7.85. The van der Waals surface area contributed by atoms with Gasteiger partial charge in [0.1, 0.15) is 5.75 Å². The smallest absolute Gasteiger partial charge is 0.160 e. The first-order valence-corrected chi connectivity index (χ1v) is 9.78. The van der Waals surface area contributed by atoms with E-state index in [4.69, 9.17) is 22.1 Å².